The topological polar surface area (TPSA) is 100 Å². The number of imidazole rings is 1. The number of aromatic nitrogens is 2. The Morgan fingerprint density at radius 2 is 1.72 bits per heavy atom. The zero-order valence-electron chi connectivity index (χ0n) is 17.3. The van der Waals surface area contributed by atoms with Crippen LogP contribution in [0.1, 0.15) is 39.8 Å². The quantitative estimate of drug-likeness (QED) is 0.516. The lowest BCUT2D eigenvalue weighted by atomic mass is 10.0. The normalized spacial score (nSPS) is 14.6. The molecule has 2 N–H and O–H groups in total. The van der Waals surface area contributed by atoms with Gasteiger partial charge in [-0.2, -0.15) is 0 Å². The van der Waals surface area contributed by atoms with Gasteiger partial charge in [0.25, 0.3) is 11.8 Å². The Labute approximate surface area is 183 Å². The first-order valence-electron chi connectivity index (χ1n) is 10.5. The van der Waals surface area contributed by atoms with Crippen LogP contribution in [0.2, 0.25) is 0 Å². The van der Waals surface area contributed by atoms with Crippen molar-refractivity contribution < 1.29 is 14.0 Å². The molecule has 1 aliphatic heterocycles. The summed E-state index contributed by atoms with van der Waals surface area (Å²) >= 11 is 0. The summed E-state index contributed by atoms with van der Waals surface area (Å²) in [7, 11) is 0. The number of H-pyrrole nitrogens is 1. The van der Waals surface area contributed by atoms with Crippen molar-refractivity contribution in [1.82, 2.24) is 14.5 Å². The van der Waals surface area contributed by atoms with Crippen molar-refractivity contribution in [3.05, 3.63) is 88.7 Å². The van der Waals surface area contributed by atoms with Crippen LogP contribution >= 0.6 is 0 Å². The van der Waals surface area contributed by atoms with Crippen LogP contribution in [0.25, 0.3) is 11.0 Å². The Morgan fingerprint density at radius 3 is 2.44 bits per heavy atom. The van der Waals surface area contributed by atoms with Crippen molar-refractivity contribution in [3.63, 3.8) is 0 Å². The van der Waals surface area contributed by atoms with E-state index in [9.17, 15) is 14.4 Å². The lowest BCUT2D eigenvalue weighted by molar-refractivity contribution is 0.0695. The number of hydrogen-bond acceptors (Lipinski definition) is 4. The monoisotopic (exact) mass is 430 g/mol. The summed E-state index contributed by atoms with van der Waals surface area (Å²) in [6.45, 7) is 1.15. The summed E-state index contributed by atoms with van der Waals surface area (Å²) in [5.41, 5.74) is 2.76. The Balaban J connectivity index is 1.23. The Hall–Kier alpha value is -4.07. The van der Waals surface area contributed by atoms with Crippen molar-refractivity contribution in [3.8, 4) is 0 Å². The molecule has 8 nitrogen and oxygen atoms in total. The van der Waals surface area contributed by atoms with Crippen LogP contribution in [0.4, 0.5) is 5.69 Å². The zero-order chi connectivity index (χ0) is 22.1. The van der Waals surface area contributed by atoms with Crippen molar-refractivity contribution in [2.24, 2.45) is 0 Å². The highest BCUT2D eigenvalue weighted by atomic mass is 16.3. The van der Waals surface area contributed by atoms with E-state index in [1.807, 2.05) is 33.7 Å². The fraction of sp³-hybridized carbons (Fsp3) is 0.208. The fourth-order valence-corrected chi connectivity index (χ4v) is 4.24. The molecule has 0 saturated carbocycles. The number of carbonyl (C=O) groups is 2. The Kier molecular flexibility index (Phi) is 5.10. The molecular weight excluding hydrogens is 408 g/mol. The number of rotatable bonds is 4. The minimum atomic E-state index is -0.344. The summed E-state index contributed by atoms with van der Waals surface area (Å²) < 4.78 is 6.89. The van der Waals surface area contributed by atoms with Crippen LogP contribution in [0, 0.1) is 0 Å². The number of anilines is 1. The third kappa shape index (κ3) is 3.71. The van der Waals surface area contributed by atoms with Gasteiger partial charge in [-0.3, -0.25) is 14.2 Å². The lowest BCUT2D eigenvalue weighted by Gasteiger charge is -2.32. The minimum absolute atomic E-state index is 0.0568. The van der Waals surface area contributed by atoms with Crippen molar-refractivity contribution >= 4 is 28.5 Å². The van der Waals surface area contributed by atoms with Gasteiger partial charge in [0.05, 0.1) is 17.3 Å². The zero-order valence-corrected chi connectivity index (χ0v) is 17.3. The molecule has 0 spiro atoms. The van der Waals surface area contributed by atoms with E-state index in [-0.39, 0.29) is 29.3 Å². The molecule has 1 saturated heterocycles. The number of furan rings is 1. The molecule has 1 aliphatic rings. The smallest absolute Gasteiger partial charge is 0.326 e. The van der Waals surface area contributed by atoms with Gasteiger partial charge < -0.3 is 19.6 Å². The van der Waals surface area contributed by atoms with Crippen molar-refractivity contribution in [2.75, 3.05) is 18.4 Å². The lowest BCUT2D eigenvalue weighted by Crippen LogP contribution is -2.40. The van der Waals surface area contributed by atoms with Crippen LogP contribution in [-0.2, 0) is 0 Å². The average Bonchev–Trinajstić information content (AvgIpc) is 3.47. The minimum Gasteiger partial charge on any atom is -0.459 e. The predicted octanol–water partition coefficient (Wildman–Crippen LogP) is 3.65. The highest BCUT2D eigenvalue weighted by Crippen LogP contribution is 2.26. The number of fused-ring (bicyclic) bond motifs is 1. The molecule has 0 aliphatic carbocycles. The third-order valence-electron chi connectivity index (χ3n) is 5.88. The predicted molar refractivity (Wildman–Crippen MR) is 120 cm³/mol. The summed E-state index contributed by atoms with van der Waals surface area (Å²) in [6.07, 6.45) is 2.87. The molecule has 8 heteroatoms. The van der Waals surface area contributed by atoms with Crippen LogP contribution in [-0.4, -0.2) is 39.4 Å². The number of likely N-dealkylation sites (tertiary alicyclic amines) is 1. The maximum Gasteiger partial charge on any atom is 0.326 e. The van der Waals surface area contributed by atoms with Gasteiger partial charge in [0, 0.05) is 30.4 Å². The first kappa shape index (κ1) is 19.9. The fourth-order valence-electron chi connectivity index (χ4n) is 4.24. The number of hydrogen-bond donors (Lipinski definition) is 2. The van der Waals surface area contributed by atoms with Gasteiger partial charge in [0.1, 0.15) is 0 Å². The Morgan fingerprint density at radius 1 is 0.969 bits per heavy atom. The highest BCUT2D eigenvalue weighted by molar-refractivity contribution is 6.02. The molecule has 4 aromatic rings. The van der Waals surface area contributed by atoms with Gasteiger partial charge in [-0.05, 0) is 61.4 Å². The molecule has 0 unspecified atom stereocenters. The SMILES string of the molecule is O=C(Nc1ccc(C(=O)N2CCC(n3c(=O)[nH]c4ccccc43)CC2)cc1)c1ccco1. The molecule has 5 rings (SSSR count). The standard InChI is InChI=1S/C24H22N4O4/c29-22(21-6-3-15-32-21)25-17-9-7-16(8-10-17)23(30)27-13-11-18(12-14-27)28-20-5-2-1-4-19(20)26-24(28)31/h1-10,15,18H,11-14H2,(H,25,29)(H,26,31). The summed E-state index contributed by atoms with van der Waals surface area (Å²) in [5.74, 6) is -0.176. The molecule has 162 valence electrons. The van der Waals surface area contributed by atoms with Crippen LogP contribution in [0.5, 0.6) is 0 Å². The molecule has 2 amide bonds. The number of nitrogens with one attached hydrogen (secondary N) is 2. The molecule has 2 aromatic carbocycles. The van der Waals surface area contributed by atoms with Gasteiger partial charge >= 0.3 is 5.69 Å². The average molecular weight is 430 g/mol. The first-order chi connectivity index (χ1) is 15.6. The molecule has 32 heavy (non-hydrogen) atoms. The highest BCUT2D eigenvalue weighted by Gasteiger charge is 2.26. The van der Waals surface area contributed by atoms with E-state index in [2.05, 4.69) is 10.3 Å². The van der Waals surface area contributed by atoms with Crippen molar-refractivity contribution in [2.45, 2.75) is 18.9 Å². The van der Waals surface area contributed by atoms with Crippen molar-refractivity contribution in [1.29, 1.82) is 0 Å². The number of carbonyl (C=O) groups excluding carboxylic acids is 2. The van der Waals surface area contributed by atoms with Crippen LogP contribution < -0.4 is 11.0 Å². The molecule has 2 aromatic heterocycles. The van der Waals surface area contributed by atoms with E-state index in [0.29, 0.717) is 37.2 Å². The summed E-state index contributed by atoms with van der Waals surface area (Å²) in [5, 5.41) is 2.74. The molecule has 0 bridgehead atoms. The van der Waals surface area contributed by atoms with Gasteiger partial charge in [-0.1, -0.05) is 12.1 Å². The van der Waals surface area contributed by atoms with Gasteiger partial charge in [0.2, 0.25) is 0 Å². The van der Waals surface area contributed by atoms with Crippen LogP contribution in [0.15, 0.2) is 76.1 Å². The van der Waals surface area contributed by atoms with E-state index >= 15 is 0 Å². The third-order valence-corrected chi connectivity index (χ3v) is 5.88. The van der Waals surface area contributed by atoms with Crippen LogP contribution in [0.3, 0.4) is 0 Å². The molecular formula is C24H22N4O4. The first-order valence-corrected chi connectivity index (χ1v) is 10.5. The number of aromatic amines is 1. The summed E-state index contributed by atoms with van der Waals surface area (Å²) in [4.78, 5) is 42.2. The second-order valence-electron chi connectivity index (χ2n) is 7.85. The van der Waals surface area contributed by atoms with Gasteiger partial charge in [-0.15, -0.1) is 0 Å². The maximum absolute atomic E-state index is 12.9. The van der Waals surface area contributed by atoms with E-state index < -0.39 is 0 Å². The second kappa shape index (κ2) is 8.22. The number of benzene rings is 2. The van der Waals surface area contributed by atoms with Gasteiger partial charge in [-0.25, -0.2) is 4.79 Å². The van der Waals surface area contributed by atoms with E-state index in [0.717, 1.165) is 11.0 Å². The number of para-hydroxylation sites is 2. The molecule has 1 fully saturated rings. The summed E-state index contributed by atoms with van der Waals surface area (Å²) in [6, 6.07) is 17.8. The second-order valence-corrected chi connectivity index (χ2v) is 7.85. The Bertz CT molecular complexity index is 1310. The number of piperidine rings is 1. The van der Waals surface area contributed by atoms with Gasteiger partial charge in [0.15, 0.2) is 5.76 Å². The van der Waals surface area contributed by atoms with E-state index in [1.165, 1.54) is 6.26 Å². The largest absolute Gasteiger partial charge is 0.459 e. The van der Waals surface area contributed by atoms with E-state index in [1.54, 1.807) is 36.4 Å². The number of amides is 2. The number of nitrogens with zero attached hydrogens (tertiary/aromatic N) is 2. The molecule has 3 heterocycles. The molecule has 0 atom stereocenters. The maximum atomic E-state index is 12.9. The van der Waals surface area contributed by atoms with E-state index in [4.69, 9.17) is 4.42 Å². The molecule has 0 radical (unpaired) electrons.